The topological polar surface area (TPSA) is 76.1 Å². The van der Waals surface area contributed by atoms with Gasteiger partial charge in [0.25, 0.3) is 0 Å². The third kappa shape index (κ3) is 5.20. The summed E-state index contributed by atoms with van der Waals surface area (Å²) >= 11 is 0. The zero-order valence-corrected chi connectivity index (χ0v) is 16.3. The number of nitrogens with one attached hydrogen (secondary N) is 1. The highest BCUT2D eigenvalue weighted by molar-refractivity contribution is 5.73. The maximum Gasteiger partial charge on any atom is 0.407 e. The third-order valence-electron chi connectivity index (χ3n) is 5.67. The molecule has 2 aliphatic rings. The van der Waals surface area contributed by atoms with E-state index in [4.69, 9.17) is 5.11 Å². The van der Waals surface area contributed by atoms with Crippen LogP contribution in [0.1, 0.15) is 30.0 Å². The number of piperazine rings is 1. The van der Waals surface area contributed by atoms with Crippen LogP contribution < -0.4 is 5.32 Å². The average Bonchev–Trinajstić information content (AvgIpc) is 3.05. The first kappa shape index (κ1) is 19.6. The van der Waals surface area contributed by atoms with Gasteiger partial charge in [0.1, 0.15) is 0 Å². The van der Waals surface area contributed by atoms with Crippen LogP contribution in [0, 0.1) is 6.92 Å². The lowest BCUT2D eigenvalue weighted by atomic mass is 10.0. The normalized spacial score (nSPS) is 21.4. The molecule has 0 aliphatic carbocycles. The highest BCUT2D eigenvalue weighted by atomic mass is 16.4. The fraction of sp³-hybridized carbons (Fsp3) is 0.600. The van der Waals surface area contributed by atoms with E-state index in [1.165, 1.54) is 21.6 Å². The van der Waals surface area contributed by atoms with Crippen LogP contribution in [0.2, 0.25) is 0 Å². The zero-order chi connectivity index (χ0) is 19.4. The van der Waals surface area contributed by atoms with E-state index in [9.17, 15) is 9.59 Å². The number of hydrogen-bond acceptors (Lipinski definition) is 4. The summed E-state index contributed by atoms with van der Waals surface area (Å²) in [7, 11) is 0. The summed E-state index contributed by atoms with van der Waals surface area (Å²) in [5, 5.41) is 12.1. The molecule has 27 heavy (non-hydrogen) atoms. The number of carbonyl (C=O) groups is 2. The number of nitrogens with zero attached hydrogens (tertiary/aromatic N) is 3. The van der Waals surface area contributed by atoms with Gasteiger partial charge in [-0.2, -0.15) is 0 Å². The largest absolute Gasteiger partial charge is 0.465 e. The van der Waals surface area contributed by atoms with Crippen molar-refractivity contribution in [3.63, 3.8) is 0 Å². The molecule has 2 heterocycles. The minimum absolute atomic E-state index is 0.0445. The summed E-state index contributed by atoms with van der Waals surface area (Å²) in [5.41, 5.74) is 3.97. The lowest BCUT2D eigenvalue weighted by molar-refractivity contribution is -0.119. The number of benzene rings is 1. The molecule has 7 heteroatoms. The van der Waals surface area contributed by atoms with Gasteiger partial charge in [-0.05, 0) is 30.0 Å². The van der Waals surface area contributed by atoms with E-state index in [2.05, 4.69) is 40.2 Å². The number of carboxylic acid groups (broad SMARTS) is 1. The molecular weight excluding hydrogens is 344 g/mol. The number of rotatable bonds is 5. The number of amides is 2. The molecule has 0 radical (unpaired) electrons. The predicted octanol–water partition coefficient (Wildman–Crippen LogP) is 1.50. The number of carbonyl (C=O) groups excluding carboxylic acids is 1. The molecular formula is C20H30N4O3. The van der Waals surface area contributed by atoms with Crippen molar-refractivity contribution in [1.29, 1.82) is 0 Å². The Balaban J connectivity index is 1.56. The molecule has 2 N–H and O–H groups in total. The van der Waals surface area contributed by atoms with Crippen molar-refractivity contribution >= 4 is 12.0 Å². The summed E-state index contributed by atoms with van der Waals surface area (Å²) in [6.45, 7) is 10.1. The van der Waals surface area contributed by atoms with Crippen LogP contribution in [-0.2, 0) is 17.9 Å². The lowest BCUT2D eigenvalue weighted by Crippen LogP contribution is -2.47. The lowest BCUT2D eigenvalue weighted by Gasteiger charge is -2.33. The highest BCUT2D eigenvalue weighted by Crippen LogP contribution is 2.20. The third-order valence-corrected chi connectivity index (χ3v) is 5.67. The Morgan fingerprint density at radius 3 is 2.30 bits per heavy atom. The SMILES string of the molecule is CC(=O)N[C@H]1CCN(Cc2cccc(CN3CCN(C(=O)O)CC3)c2C)C1. The van der Waals surface area contributed by atoms with Gasteiger partial charge in [-0.15, -0.1) is 0 Å². The number of likely N-dealkylation sites (tertiary alicyclic amines) is 1. The van der Waals surface area contributed by atoms with Crippen molar-refractivity contribution in [1.82, 2.24) is 20.0 Å². The van der Waals surface area contributed by atoms with Gasteiger partial charge >= 0.3 is 6.09 Å². The first-order chi connectivity index (χ1) is 12.9. The van der Waals surface area contributed by atoms with E-state index in [1.807, 2.05) is 0 Å². The van der Waals surface area contributed by atoms with Crippen molar-refractivity contribution in [3.05, 3.63) is 34.9 Å². The van der Waals surface area contributed by atoms with Crippen molar-refractivity contribution in [3.8, 4) is 0 Å². The Morgan fingerprint density at radius 2 is 1.70 bits per heavy atom. The Morgan fingerprint density at radius 1 is 1.07 bits per heavy atom. The van der Waals surface area contributed by atoms with Gasteiger partial charge in [0, 0.05) is 65.3 Å². The summed E-state index contributed by atoms with van der Waals surface area (Å²) in [6, 6.07) is 6.74. The highest BCUT2D eigenvalue weighted by Gasteiger charge is 2.24. The molecule has 0 bridgehead atoms. The quantitative estimate of drug-likeness (QED) is 0.817. The fourth-order valence-electron chi connectivity index (χ4n) is 4.04. The average molecular weight is 374 g/mol. The zero-order valence-electron chi connectivity index (χ0n) is 16.3. The van der Waals surface area contributed by atoms with Crippen LogP contribution in [0.15, 0.2) is 18.2 Å². The molecule has 2 aliphatic heterocycles. The molecule has 148 valence electrons. The summed E-state index contributed by atoms with van der Waals surface area (Å²) < 4.78 is 0. The predicted molar refractivity (Wildman–Crippen MR) is 104 cm³/mol. The second-order valence-corrected chi connectivity index (χ2v) is 7.67. The molecule has 0 unspecified atom stereocenters. The van der Waals surface area contributed by atoms with Gasteiger partial charge < -0.3 is 15.3 Å². The maximum absolute atomic E-state index is 11.2. The minimum atomic E-state index is -0.823. The van der Waals surface area contributed by atoms with Crippen molar-refractivity contribution in [2.24, 2.45) is 0 Å². The summed E-state index contributed by atoms with van der Waals surface area (Å²) in [4.78, 5) is 28.5. The van der Waals surface area contributed by atoms with E-state index in [0.29, 0.717) is 13.1 Å². The maximum atomic E-state index is 11.2. The van der Waals surface area contributed by atoms with Gasteiger partial charge in [0.05, 0.1) is 0 Å². The monoisotopic (exact) mass is 374 g/mol. The fourth-order valence-corrected chi connectivity index (χ4v) is 4.04. The Bertz CT molecular complexity index is 664. The van der Waals surface area contributed by atoms with Crippen molar-refractivity contribution in [2.75, 3.05) is 39.3 Å². The molecule has 2 saturated heterocycles. The van der Waals surface area contributed by atoms with Crippen LogP contribution in [0.25, 0.3) is 0 Å². The first-order valence-corrected chi connectivity index (χ1v) is 9.69. The van der Waals surface area contributed by atoms with E-state index in [-0.39, 0.29) is 11.9 Å². The number of hydrogen-bond donors (Lipinski definition) is 2. The molecule has 1 atom stereocenters. The second-order valence-electron chi connectivity index (χ2n) is 7.67. The second kappa shape index (κ2) is 8.71. The summed E-state index contributed by atoms with van der Waals surface area (Å²) in [5.74, 6) is 0.0445. The summed E-state index contributed by atoms with van der Waals surface area (Å²) in [6.07, 6.45) is 0.183. The van der Waals surface area contributed by atoms with Gasteiger partial charge in [0.2, 0.25) is 5.91 Å². The Labute approximate surface area is 160 Å². The standard InChI is InChI=1S/C20H30N4O3/c1-15-17(12-22-8-10-24(11-9-22)20(26)27)4-3-5-18(15)13-23-7-6-19(14-23)21-16(2)25/h3-5,19H,6-14H2,1-2H3,(H,21,25)(H,26,27)/t19-/m0/s1. The van der Waals surface area contributed by atoms with Crippen LogP contribution in [-0.4, -0.2) is 77.1 Å². The van der Waals surface area contributed by atoms with Crippen LogP contribution in [0.4, 0.5) is 4.79 Å². The minimum Gasteiger partial charge on any atom is -0.465 e. The van der Waals surface area contributed by atoms with Gasteiger partial charge in [0.15, 0.2) is 0 Å². The Kier molecular flexibility index (Phi) is 6.34. The molecule has 2 fully saturated rings. The van der Waals surface area contributed by atoms with Gasteiger partial charge in [-0.25, -0.2) is 4.79 Å². The molecule has 0 saturated carbocycles. The van der Waals surface area contributed by atoms with Crippen LogP contribution in [0.5, 0.6) is 0 Å². The Hall–Kier alpha value is -2.12. The molecule has 1 aromatic rings. The molecule has 1 aromatic carbocycles. The van der Waals surface area contributed by atoms with Gasteiger partial charge in [-0.3, -0.25) is 14.6 Å². The van der Waals surface area contributed by atoms with E-state index in [0.717, 1.165) is 45.7 Å². The van der Waals surface area contributed by atoms with E-state index >= 15 is 0 Å². The smallest absolute Gasteiger partial charge is 0.407 e. The van der Waals surface area contributed by atoms with Crippen molar-refractivity contribution in [2.45, 2.75) is 39.4 Å². The molecule has 7 nitrogen and oxygen atoms in total. The molecule has 3 rings (SSSR count). The van der Waals surface area contributed by atoms with Gasteiger partial charge in [-0.1, -0.05) is 18.2 Å². The van der Waals surface area contributed by atoms with Crippen LogP contribution in [0.3, 0.4) is 0 Å². The van der Waals surface area contributed by atoms with Crippen LogP contribution >= 0.6 is 0 Å². The molecule has 0 aromatic heterocycles. The molecule has 2 amide bonds. The van der Waals surface area contributed by atoms with E-state index in [1.54, 1.807) is 6.92 Å². The van der Waals surface area contributed by atoms with Crippen molar-refractivity contribution < 1.29 is 14.7 Å². The molecule has 0 spiro atoms. The first-order valence-electron chi connectivity index (χ1n) is 9.69. The van der Waals surface area contributed by atoms with E-state index < -0.39 is 6.09 Å².